The molecule has 2 rings (SSSR count). The summed E-state index contributed by atoms with van der Waals surface area (Å²) in [5.74, 6) is 0.473. The number of nitrogens with zero attached hydrogens (tertiary/aromatic N) is 2. The van der Waals surface area contributed by atoms with Gasteiger partial charge in [0, 0.05) is 52.4 Å². The van der Waals surface area contributed by atoms with Gasteiger partial charge in [0.1, 0.15) is 0 Å². The van der Waals surface area contributed by atoms with Crippen molar-refractivity contribution in [3.05, 3.63) is 0 Å². The third-order valence-corrected chi connectivity index (χ3v) is 9.99. The Morgan fingerprint density at radius 3 is 1.61 bits per heavy atom. The molecule has 0 radical (unpaired) electrons. The van der Waals surface area contributed by atoms with E-state index >= 15 is 0 Å². The zero-order valence-electron chi connectivity index (χ0n) is 15.2. The minimum absolute atomic E-state index is 0.0774. The van der Waals surface area contributed by atoms with Gasteiger partial charge in [-0.05, 0) is 19.7 Å². The van der Waals surface area contributed by atoms with Crippen molar-refractivity contribution in [1.82, 2.24) is 31.1 Å². The van der Waals surface area contributed by atoms with Gasteiger partial charge in [-0.3, -0.25) is 9.59 Å². The number of rotatable bonds is 13. The fraction of sp³-hybridized carbons (Fsp3) is 0.714. The van der Waals surface area contributed by atoms with Crippen LogP contribution in [0.4, 0.5) is 9.59 Å². The lowest BCUT2D eigenvalue weighted by Gasteiger charge is -2.14. The van der Waals surface area contributed by atoms with Crippen LogP contribution in [0, 0.1) is 0 Å². The number of hydrogen-bond donors (Lipinski definition) is 4. The number of carbonyl (C=O) groups is 4. The SMILES string of the molecule is O=C(CSSSSCC(=O)NCCN1CCNC1=O)NCCN1CCNC1=O. The largest absolute Gasteiger partial charge is 0.354 e. The number of urea groups is 2. The van der Waals surface area contributed by atoms with Crippen LogP contribution in [0.15, 0.2) is 0 Å². The molecule has 10 nitrogen and oxygen atoms in total. The normalized spacial score (nSPS) is 16.1. The third kappa shape index (κ3) is 8.92. The molecule has 2 aliphatic heterocycles. The van der Waals surface area contributed by atoms with E-state index in [0.717, 1.165) is 0 Å². The van der Waals surface area contributed by atoms with Crippen molar-refractivity contribution in [1.29, 1.82) is 0 Å². The Labute approximate surface area is 179 Å². The van der Waals surface area contributed by atoms with Gasteiger partial charge in [-0.25, -0.2) is 9.59 Å². The summed E-state index contributed by atoms with van der Waals surface area (Å²) in [5.41, 5.74) is 0. The van der Waals surface area contributed by atoms with Gasteiger partial charge < -0.3 is 31.1 Å². The predicted octanol–water partition coefficient (Wildman–Crippen LogP) is -0.0530. The molecule has 0 aromatic carbocycles. The second-order valence-electron chi connectivity index (χ2n) is 5.80. The van der Waals surface area contributed by atoms with E-state index in [1.807, 2.05) is 0 Å². The highest BCUT2D eigenvalue weighted by Crippen LogP contribution is 2.42. The molecule has 0 unspecified atom stereocenters. The highest BCUT2D eigenvalue weighted by molar-refractivity contribution is 9.26. The molecular weight excluding hydrogens is 444 g/mol. The summed E-state index contributed by atoms with van der Waals surface area (Å²) in [6, 6.07) is -0.170. The van der Waals surface area contributed by atoms with Crippen molar-refractivity contribution < 1.29 is 19.2 Å². The molecule has 14 heteroatoms. The van der Waals surface area contributed by atoms with Crippen molar-refractivity contribution >= 4 is 65.1 Å². The van der Waals surface area contributed by atoms with Gasteiger partial charge in [0.05, 0.1) is 11.5 Å². The maximum absolute atomic E-state index is 11.7. The van der Waals surface area contributed by atoms with Crippen LogP contribution in [0.3, 0.4) is 0 Å². The summed E-state index contributed by atoms with van der Waals surface area (Å²) in [7, 11) is 5.70. The second kappa shape index (κ2) is 13.2. The Bertz CT molecular complexity index is 522. The van der Waals surface area contributed by atoms with Gasteiger partial charge in [-0.1, -0.05) is 21.6 Å². The molecular formula is C14H24N6O4S4. The minimum atomic E-state index is -0.0850. The lowest BCUT2D eigenvalue weighted by molar-refractivity contribution is -0.119. The molecule has 28 heavy (non-hydrogen) atoms. The van der Waals surface area contributed by atoms with E-state index in [-0.39, 0.29) is 23.9 Å². The van der Waals surface area contributed by atoms with Crippen molar-refractivity contribution in [3.63, 3.8) is 0 Å². The maximum Gasteiger partial charge on any atom is 0.317 e. The van der Waals surface area contributed by atoms with Gasteiger partial charge in [-0.15, -0.1) is 0 Å². The zero-order chi connectivity index (χ0) is 20.2. The first kappa shape index (κ1) is 23.2. The van der Waals surface area contributed by atoms with Crippen molar-refractivity contribution in [3.8, 4) is 0 Å². The van der Waals surface area contributed by atoms with E-state index in [2.05, 4.69) is 21.3 Å². The van der Waals surface area contributed by atoms with Crippen LogP contribution >= 0.6 is 41.2 Å². The smallest absolute Gasteiger partial charge is 0.317 e. The van der Waals surface area contributed by atoms with Crippen LogP contribution in [-0.2, 0) is 9.59 Å². The number of nitrogens with one attached hydrogen (secondary N) is 4. The molecule has 158 valence electrons. The summed E-state index contributed by atoms with van der Waals surface area (Å²) in [6.07, 6.45) is 0. The standard InChI is InChI=1S/C14H24N6O4S4/c21-11(15-1-5-19-7-3-17-13(19)23)9-25-27-28-26-10-12(22)16-2-6-20-8-4-18-14(20)24/h1-10H2,(H,15,21)(H,16,22)(H,17,23)(H,18,24). The molecule has 0 atom stereocenters. The Morgan fingerprint density at radius 1 is 0.821 bits per heavy atom. The number of hydrogen-bond acceptors (Lipinski definition) is 8. The monoisotopic (exact) mass is 468 g/mol. The first-order chi connectivity index (χ1) is 13.6. The van der Waals surface area contributed by atoms with Crippen LogP contribution in [0.5, 0.6) is 0 Å². The lowest BCUT2D eigenvalue weighted by Crippen LogP contribution is -2.37. The highest BCUT2D eigenvalue weighted by Gasteiger charge is 2.19. The van der Waals surface area contributed by atoms with E-state index in [4.69, 9.17) is 0 Å². The predicted molar refractivity (Wildman–Crippen MR) is 116 cm³/mol. The van der Waals surface area contributed by atoms with Gasteiger partial charge >= 0.3 is 12.1 Å². The third-order valence-electron chi connectivity index (χ3n) is 3.80. The second-order valence-corrected chi connectivity index (χ2v) is 11.8. The first-order valence-electron chi connectivity index (χ1n) is 8.73. The molecule has 0 spiro atoms. The molecule has 4 N–H and O–H groups in total. The minimum Gasteiger partial charge on any atom is -0.354 e. The average Bonchev–Trinajstić information content (AvgIpc) is 3.26. The molecule has 0 aromatic rings. The van der Waals surface area contributed by atoms with Crippen LogP contribution in [-0.4, -0.2) is 97.5 Å². The molecule has 0 aromatic heterocycles. The zero-order valence-corrected chi connectivity index (χ0v) is 18.5. The summed E-state index contributed by atoms with van der Waals surface area (Å²) >= 11 is 0. The summed E-state index contributed by atoms with van der Waals surface area (Å²) in [6.45, 7) is 4.57. The van der Waals surface area contributed by atoms with E-state index in [1.54, 1.807) is 9.80 Å². The molecule has 2 fully saturated rings. The fourth-order valence-electron chi connectivity index (χ4n) is 2.41. The Balaban J connectivity index is 1.37. The molecule has 2 heterocycles. The number of amides is 6. The van der Waals surface area contributed by atoms with Gasteiger partial charge in [-0.2, -0.15) is 0 Å². The van der Waals surface area contributed by atoms with Gasteiger partial charge in [0.15, 0.2) is 0 Å². The quantitative estimate of drug-likeness (QED) is 0.219. The number of carbonyl (C=O) groups excluding carboxylic acids is 4. The van der Waals surface area contributed by atoms with Crippen LogP contribution in [0.1, 0.15) is 0 Å². The van der Waals surface area contributed by atoms with E-state index < -0.39 is 0 Å². The molecule has 2 saturated heterocycles. The highest BCUT2D eigenvalue weighted by atomic mass is 33.7. The van der Waals surface area contributed by atoms with Crippen LogP contribution < -0.4 is 21.3 Å². The van der Waals surface area contributed by atoms with Crippen LogP contribution in [0.25, 0.3) is 0 Å². The summed E-state index contributed by atoms with van der Waals surface area (Å²) in [4.78, 5) is 49.4. The average molecular weight is 469 g/mol. The molecule has 0 bridgehead atoms. The van der Waals surface area contributed by atoms with Crippen molar-refractivity contribution in [2.24, 2.45) is 0 Å². The van der Waals surface area contributed by atoms with Gasteiger partial charge in [0.2, 0.25) is 11.8 Å². The molecule has 2 aliphatic rings. The van der Waals surface area contributed by atoms with E-state index in [9.17, 15) is 19.2 Å². The Morgan fingerprint density at radius 2 is 1.25 bits per heavy atom. The fourth-order valence-corrected chi connectivity index (χ4v) is 7.86. The summed E-state index contributed by atoms with van der Waals surface area (Å²) < 4.78 is 0. The van der Waals surface area contributed by atoms with E-state index in [1.165, 1.54) is 41.2 Å². The molecule has 0 saturated carbocycles. The Hall–Kier alpha value is -1.12. The Kier molecular flexibility index (Phi) is 10.9. The lowest BCUT2D eigenvalue weighted by atomic mass is 10.5. The van der Waals surface area contributed by atoms with Crippen molar-refractivity contribution in [2.45, 2.75) is 0 Å². The first-order valence-corrected chi connectivity index (χ1v) is 13.9. The van der Waals surface area contributed by atoms with E-state index in [0.29, 0.717) is 63.9 Å². The maximum atomic E-state index is 11.7. The molecule has 0 aliphatic carbocycles. The van der Waals surface area contributed by atoms with Crippen LogP contribution in [0.2, 0.25) is 0 Å². The molecule has 6 amide bonds. The summed E-state index contributed by atoms with van der Waals surface area (Å²) in [5, 5.41) is 11.0. The van der Waals surface area contributed by atoms with Crippen molar-refractivity contribution in [2.75, 3.05) is 63.9 Å². The van der Waals surface area contributed by atoms with Gasteiger partial charge in [0.25, 0.3) is 0 Å². The topological polar surface area (TPSA) is 123 Å².